The molecule has 128 valence electrons. The molecule has 0 bridgehead atoms. The molecule has 0 radical (unpaired) electrons. The molecule has 0 spiro atoms. The average Bonchev–Trinajstić information content (AvgIpc) is 2.58. The monoisotopic (exact) mass is 365 g/mol. The third kappa shape index (κ3) is 5.11. The number of rotatable bonds is 7. The van der Waals surface area contributed by atoms with Crippen LogP contribution in [-0.2, 0) is 17.8 Å². The molecule has 6 heteroatoms. The molecule has 0 aliphatic rings. The molecule has 0 unspecified atom stereocenters. The number of hydrogen-bond acceptors (Lipinski definition) is 3. The summed E-state index contributed by atoms with van der Waals surface area (Å²) >= 11 is 11.9. The third-order valence-electron chi connectivity index (χ3n) is 3.75. The van der Waals surface area contributed by atoms with Gasteiger partial charge in [0, 0.05) is 35.9 Å². The molecule has 0 fully saturated rings. The summed E-state index contributed by atoms with van der Waals surface area (Å²) in [5.41, 5.74) is 1.72. The number of benzene rings is 1. The van der Waals surface area contributed by atoms with Crippen LogP contribution in [0.15, 0.2) is 36.5 Å². The fourth-order valence-corrected chi connectivity index (χ4v) is 2.83. The van der Waals surface area contributed by atoms with E-state index < -0.39 is 0 Å². The molecule has 2 aromatic rings. The molecule has 1 aromatic heterocycles. The van der Waals surface area contributed by atoms with Crippen LogP contribution < -0.4 is 10.2 Å². The lowest BCUT2D eigenvalue weighted by atomic mass is 10.1. The van der Waals surface area contributed by atoms with Crippen molar-refractivity contribution in [3.63, 3.8) is 0 Å². The van der Waals surface area contributed by atoms with Crippen LogP contribution in [0.3, 0.4) is 0 Å². The molecule has 0 atom stereocenters. The van der Waals surface area contributed by atoms with Gasteiger partial charge in [0.15, 0.2) is 0 Å². The van der Waals surface area contributed by atoms with Crippen LogP contribution in [0.4, 0.5) is 5.82 Å². The highest BCUT2D eigenvalue weighted by Crippen LogP contribution is 2.21. The fourth-order valence-electron chi connectivity index (χ4n) is 2.36. The predicted octanol–water partition coefficient (Wildman–Crippen LogP) is 4.09. The van der Waals surface area contributed by atoms with Gasteiger partial charge in [-0.05, 0) is 43.2 Å². The van der Waals surface area contributed by atoms with Crippen molar-refractivity contribution in [2.45, 2.75) is 26.8 Å². The van der Waals surface area contributed by atoms with Crippen molar-refractivity contribution in [3.05, 3.63) is 57.7 Å². The smallest absolute Gasteiger partial charge is 0.224 e. The van der Waals surface area contributed by atoms with E-state index >= 15 is 0 Å². The van der Waals surface area contributed by atoms with E-state index in [0.717, 1.165) is 30.0 Å². The largest absolute Gasteiger partial charge is 0.357 e. The molecule has 1 heterocycles. The van der Waals surface area contributed by atoms with Gasteiger partial charge in [-0.25, -0.2) is 4.98 Å². The van der Waals surface area contributed by atoms with Crippen molar-refractivity contribution in [3.8, 4) is 0 Å². The molecule has 1 N–H and O–H groups in total. The summed E-state index contributed by atoms with van der Waals surface area (Å²) in [6.45, 7) is 6.47. The van der Waals surface area contributed by atoms with E-state index in [9.17, 15) is 4.79 Å². The van der Waals surface area contributed by atoms with Gasteiger partial charge in [-0.1, -0.05) is 35.3 Å². The Bertz CT molecular complexity index is 685. The van der Waals surface area contributed by atoms with E-state index in [1.807, 2.05) is 12.1 Å². The zero-order valence-electron chi connectivity index (χ0n) is 13.9. The molecular formula is C18H21Cl2N3O. The molecular weight excluding hydrogens is 345 g/mol. The first-order valence-electron chi connectivity index (χ1n) is 7.94. The van der Waals surface area contributed by atoms with Crippen LogP contribution >= 0.6 is 23.2 Å². The number of carbonyl (C=O) groups excluding carboxylic acids is 1. The van der Waals surface area contributed by atoms with Gasteiger partial charge in [0.05, 0.1) is 6.42 Å². The van der Waals surface area contributed by atoms with Crippen LogP contribution in [0.25, 0.3) is 0 Å². The summed E-state index contributed by atoms with van der Waals surface area (Å²) in [7, 11) is 0. The van der Waals surface area contributed by atoms with Crippen molar-refractivity contribution in [1.82, 2.24) is 10.3 Å². The van der Waals surface area contributed by atoms with Gasteiger partial charge in [0.2, 0.25) is 5.91 Å². The van der Waals surface area contributed by atoms with Crippen LogP contribution in [0.1, 0.15) is 25.0 Å². The van der Waals surface area contributed by atoms with E-state index in [1.165, 1.54) is 0 Å². The molecule has 0 aliphatic carbocycles. The van der Waals surface area contributed by atoms with E-state index in [0.29, 0.717) is 16.6 Å². The van der Waals surface area contributed by atoms with Crippen molar-refractivity contribution < 1.29 is 4.79 Å². The lowest BCUT2D eigenvalue weighted by molar-refractivity contribution is -0.120. The second kappa shape index (κ2) is 8.90. The zero-order valence-corrected chi connectivity index (χ0v) is 15.4. The van der Waals surface area contributed by atoms with Crippen LogP contribution in [0.2, 0.25) is 10.0 Å². The van der Waals surface area contributed by atoms with Gasteiger partial charge < -0.3 is 10.2 Å². The molecule has 1 aromatic carbocycles. The van der Waals surface area contributed by atoms with Gasteiger partial charge in [0.25, 0.3) is 0 Å². The highest BCUT2D eigenvalue weighted by Gasteiger charge is 2.08. The summed E-state index contributed by atoms with van der Waals surface area (Å²) in [5, 5.41) is 3.94. The van der Waals surface area contributed by atoms with Crippen LogP contribution in [0.5, 0.6) is 0 Å². The highest BCUT2D eigenvalue weighted by atomic mass is 35.5. The Balaban J connectivity index is 1.89. The first-order valence-corrected chi connectivity index (χ1v) is 8.69. The maximum absolute atomic E-state index is 12.1. The maximum atomic E-state index is 12.1. The Morgan fingerprint density at radius 3 is 2.50 bits per heavy atom. The molecule has 2 rings (SSSR count). The Kier molecular flexibility index (Phi) is 6.88. The second-order valence-electron chi connectivity index (χ2n) is 5.39. The minimum atomic E-state index is -0.0907. The van der Waals surface area contributed by atoms with Gasteiger partial charge in [0.1, 0.15) is 5.82 Å². The number of amides is 1. The maximum Gasteiger partial charge on any atom is 0.224 e. The number of nitrogens with one attached hydrogen (secondary N) is 1. The Labute approximate surface area is 152 Å². The fraction of sp³-hybridized carbons (Fsp3) is 0.333. The third-order valence-corrected chi connectivity index (χ3v) is 4.34. The summed E-state index contributed by atoms with van der Waals surface area (Å²) < 4.78 is 0. The van der Waals surface area contributed by atoms with E-state index in [2.05, 4.69) is 29.0 Å². The van der Waals surface area contributed by atoms with E-state index in [1.54, 1.807) is 24.4 Å². The van der Waals surface area contributed by atoms with E-state index in [4.69, 9.17) is 23.2 Å². The minimum Gasteiger partial charge on any atom is -0.357 e. The van der Waals surface area contributed by atoms with Gasteiger partial charge in [-0.2, -0.15) is 0 Å². The van der Waals surface area contributed by atoms with Gasteiger partial charge >= 0.3 is 0 Å². The van der Waals surface area contributed by atoms with Crippen molar-refractivity contribution in [1.29, 1.82) is 0 Å². The number of aromatic nitrogens is 1. The normalized spacial score (nSPS) is 10.5. The van der Waals surface area contributed by atoms with Crippen molar-refractivity contribution >= 4 is 34.9 Å². The number of carbonyl (C=O) groups is 1. The number of pyridine rings is 1. The van der Waals surface area contributed by atoms with Gasteiger partial charge in [-0.15, -0.1) is 0 Å². The lowest BCUT2D eigenvalue weighted by Crippen LogP contribution is -2.25. The lowest BCUT2D eigenvalue weighted by Gasteiger charge is -2.19. The number of halogens is 2. The zero-order chi connectivity index (χ0) is 17.5. The molecule has 0 saturated carbocycles. The summed E-state index contributed by atoms with van der Waals surface area (Å²) in [4.78, 5) is 18.7. The highest BCUT2D eigenvalue weighted by molar-refractivity contribution is 6.35. The second-order valence-corrected chi connectivity index (χ2v) is 6.23. The number of nitrogens with zero attached hydrogens (tertiary/aromatic N) is 2. The molecule has 4 nitrogen and oxygen atoms in total. The predicted molar refractivity (Wildman–Crippen MR) is 99.8 cm³/mol. The van der Waals surface area contributed by atoms with E-state index in [-0.39, 0.29) is 12.3 Å². The molecule has 1 amide bonds. The summed E-state index contributed by atoms with van der Waals surface area (Å²) in [6, 6.07) is 9.10. The molecule has 0 aliphatic heterocycles. The molecule has 0 saturated heterocycles. The topological polar surface area (TPSA) is 45.2 Å². The van der Waals surface area contributed by atoms with Crippen LogP contribution in [-0.4, -0.2) is 24.0 Å². The SMILES string of the molecule is CCN(CC)c1ccc(CNC(=O)Cc2ccc(Cl)cc2Cl)cn1. The minimum absolute atomic E-state index is 0.0907. The summed E-state index contributed by atoms with van der Waals surface area (Å²) in [5.74, 6) is 0.857. The quantitative estimate of drug-likeness (QED) is 0.803. The number of anilines is 1. The average molecular weight is 366 g/mol. The Hall–Kier alpha value is -1.78. The first kappa shape index (κ1) is 18.6. The molecule has 24 heavy (non-hydrogen) atoms. The van der Waals surface area contributed by atoms with Crippen molar-refractivity contribution in [2.75, 3.05) is 18.0 Å². The Morgan fingerprint density at radius 1 is 1.17 bits per heavy atom. The number of hydrogen-bond donors (Lipinski definition) is 1. The standard InChI is InChI=1S/C18H21Cl2N3O/c1-3-23(4-2)17-8-5-13(11-21-17)12-22-18(24)9-14-6-7-15(19)10-16(14)20/h5-8,10-11H,3-4,9,12H2,1-2H3,(H,22,24). The van der Waals surface area contributed by atoms with Crippen LogP contribution in [0, 0.1) is 0 Å². The first-order chi connectivity index (χ1) is 11.5. The Morgan fingerprint density at radius 2 is 1.92 bits per heavy atom. The van der Waals surface area contributed by atoms with Gasteiger partial charge in [-0.3, -0.25) is 4.79 Å². The summed E-state index contributed by atoms with van der Waals surface area (Å²) in [6.07, 6.45) is 2.02. The van der Waals surface area contributed by atoms with Crippen molar-refractivity contribution in [2.24, 2.45) is 0 Å².